The van der Waals surface area contributed by atoms with Crippen molar-refractivity contribution in [2.75, 3.05) is 25.9 Å². The zero-order chi connectivity index (χ0) is 18.8. The minimum absolute atomic E-state index is 0. The van der Waals surface area contributed by atoms with Crippen LogP contribution in [0.2, 0.25) is 0 Å². The molecule has 1 heterocycles. The molecule has 0 amide bonds. The second-order valence-electron chi connectivity index (χ2n) is 7.47. The van der Waals surface area contributed by atoms with Crippen molar-refractivity contribution in [2.45, 2.75) is 48.9 Å². The summed E-state index contributed by atoms with van der Waals surface area (Å²) in [5.74, 6) is 1.99. The molecular formula is C18H29IN4O2S2. The van der Waals surface area contributed by atoms with Gasteiger partial charge in [0.15, 0.2) is 5.96 Å². The molecule has 0 atom stereocenters. The quantitative estimate of drug-likeness (QED) is 0.352. The fraction of sp³-hybridized carbons (Fsp3) is 0.611. The van der Waals surface area contributed by atoms with Crippen molar-refractivity contribution in [3.05, 3.63) is 29.8 Å². The maximum atomic E-state index is 12.2. The first-order valence-electron chi connectivity index (χ1n) is 9.00. The molecule has 1 saturated carbocycles. The maximum Gasteiger partial charge on any atom is 0.240 e. The lowest BCUT2D eigenvalue weighted by molar-refractivity contribution is 0.375. The van der Waals surface area contributed by atoms with Gasteiger partial charge in [-0.1, -0.05) is 12.1 Å². The Morgan fingerprint density at radius 2 is 1.96 bits per heavy atom. The largest absolute Gasteiger partial charge is 0.352 e. The van der Waals surface area contributed by atoms with Gasteiger partial charge in [0.25, 0.3) is 0 Å². The van der Waals surface area contributed by atoms with Gasteiger partial charge in [-0.2, -0.15) is 11.8 Å². The van der Waals surface area contributed by atoms with E-state index in [-0.39, 0.29) is 34.8 Å². The summed E-state index contributed by atoms with van der Waals surface area (Å²) in [6, 6.07) is 7.18. The number of guanidine groups is 1. The van der Waals surface area contributed by atoms with E-state index in [1.165, 1.54) is 0 Å². The van der Waals surface area contributed by atoms with Crippen LogP contribution in [0.5, 0.6) is 0 Å². The highest BCUT2D eigenvalue weighted by molar-refractivity contribution is 14.0. The molecule has 1 saturated heterocycles. The highest BCUT2D eigenvalue weighted by atomic mass is 127. The molecular weight excluding hydrogens is 495 g/mol. The van der Waals surface area contributed by atoms with E-state index >= 15 is 0 Å². The Morgan fingerprint density at radius 3 is 2.52 bits per heavy atom. The van der Waals surface area contributed by atoms with Crippen molar-refractivity contribution >= 4 is 51.7 Å². The zero-order valence-electron chi connectivity index (χ0n) is 16.1. The summed E-state index contributed by atoms with van der Waals surface area (Å²) in [6.07, 6.45) is 1.87. The lowest BCUT2D eigenvalue weighted by Crippen LogP contribution is -2.50. The van der Waals surface area contributed by atoms with Gasteiger partial charge in [-0.25, -0.2) is 13.1 Å². The first-order valence-corrected chi connectivity index (χ1v) is 11.5. The van der Waals surface area contributed by atoms with Crippen LogP contribution in [-0.4, -0.2) is 56.0 Å². The van der Waals surface area contributed by atoms with Crippen molar-refractivity contribution in [1.82, 2.24) is 14.9 Å². The van der Waals surface area contributed by atoms with Crippen molar-refractivity contribution < 1.29 is 8.42 Å². The molecule has 0 aromatic heterocycles. The second-order valence-corrected chi connectivity index (χ2v) is 11.0. The molecule has 2 fully saturated rings. The van der Waals surface area contributed by atoms with Crippen LogP contribution < -0.4 is 10.0 Å². The number of nitrogens with zero attached hydrogens (tertiary/aromatic N) is 2. The molecule has 1 aromatic rings. The van der Waals surface area contributed by atoms with E-state index in [0.29, 0.717) is 11.4 Å². The van der Waals surface area contributed by atoms with Gasteiger partial charge >= 0.3 is 0 Å². The van der Waals surface area contributed by atoms with Gasteiger partial charge in [0, 0.05) is 43.2 Å². The van der Waals surface area contributed by atoms with Gasteiger partial charge in [-0.15, -0.1) is 24.0 Å². The van der Waals surface area contributed by atoms with E-state index in [4.69, 9.17) is 0 Å². The number of halogens is 1. The van der Waals surface area contributed by atoms with Crippen LogP contribution in [0.3, 0.4) is 0 Å². The van der Waals surface area contributed by atoms with Crippen LogP contribution in [0.1, 0.15) is 32.3 Å². The molecule has 6 nitrogen and oxygen atoms in total. The van der Waals surface area contributed by atoms with Gasteiger partial charge in [-0.3, -0.25) is 4.99 Å². The third kappa shape index (κ3) is 6.50. The summed E-state index contributed by atoms with van der Waals surface area (Å²) < 4.78 is 27.4. The Bertz CT molecular complexity index is 762. The fourth-order valence-electron chi connectivity index (χ4n) is 2.99. The van der Waals surface area contributed by atoms with Crippen LogP contribution in [0, 0.1) is 0 Å². The molecule has 2 N–H and O–H groups in total. The first-order chi connectivity index (χ1) is 12.3. The highest BCUT2D eigenvalue weighted by Gasteiger charge is 2.29. The Labute approximate surface area is 184 Å². The third-order valence-corrected chi connectivity index (χ3v) is 7.35. The van der Waals surface area contributed by atoms with E-state index in [9.17, 15) is 8.42 Å². The van der Waals surface area contributed by atoms with Crippen LogP contribution in [0.15, 0.2) is 34.2 Å². The molecule has 152 valence electrons. The molecule has 3 rings (SSSR count). The monoisotopic (exact) mass is 524 g/mol. The van der Waals surface area contributed by atoms with E-state index in [1.807, 2.05) is 23.9 Å². The molecule has 27 heavy (non-hydrogen) atoms. The zero-order valence-corrected chi connectivity index (χ0v) is 20.0. The van der Waals surface area contributed by atoms with E-state index in [2.05, 4.69) is 33.8 Å². The minimum atomic E-state index is -3.38. The van der Waals surface area contributed by atoms with Gasteiger partial charge in [0.2, 0.25) is 10.0 Å². The summed E-state index contributed by atoms with van der Waals surface area (Å²) in [5, 5.41) is 3.40. The Kier molecular flexibility index (Phi) is 7.86. The maximum absolute atomic E-state index is 12.2. The minimum Gasteiger partial charge on any atom is -0.352 e. The smallest absolute Gasteiger partial charge is 0.240 e. The molecule has 0 unspecified atom stereocenters. The summed E-state index contributed by atoms with van der Waals surface area (Å²) in [5.41, 5.74) is 1.03. The highest BCUT2D eigenvalue weighted by Crippen LogP contribution is 2.29. The molecule has 0 bridgehead atoms. The molecule has 0 radical (unpaired) electrons. The van der Waals surface area contributed by atoms with E-state index in [1.54, 1.807) is 19.2 Å². The van der Waals surface area contributed by atoms with Gasteiger partial charge in [0.05, 0.1) is 4.90 Å². The van der Waals surface area contributed by atoms with Crippen LogP contribution >= 0.6 is 35.7 Å². The first kappa shape index (κ1) is 22.8. The van der Waals surface area contributed by atoms with Crippen molar-refractivity contribution in [2.24, 2.45) is 4.99 Å². The number of hydrogen-bond acceptors (Lipinski definition) is 4. The molecule has 2 aliphatic rings. The molecule has 0 spiro atoms. The molecule has 9 heteroatoms. The summed E-state index contributed by atoms with van der Waals surface area (Å²) in [4.78, 5) is 7.02. The second kappa shape index (κ2) is 9.32. The topological polar surface area (TPSA) is 73.8 Å². The third-order valence-electron chi connectivity index (χ3n) is 4.52. The number of benzene rings is 1. The number of hydrogen-bond donors (Lipinski definition) is 2. The number of sulfonamides is 1. The van der Waals surface area contributed by atoms with Crippen molar-refractivity contribution in [3.8, 4) is 0 Å². The lowest BCUT2D eigenvalue weighted by Gasteiger charge is -2.39. The normalized spacial score (nSPS) is 20.1. The standard InChI is InChI=1S/C18H28N4O2S2.HI/c1-18(2)13-22(10-11-25-18)17(19-3)20-12-14-4-8-16(9-5-14)26(23,24)21-15-6-7-15;/h4-5,8-9,15,21H,6-7,10-13H2,1-3H3,(H,19,20);1H. The summed E-state index contributed by atoms with van der Waals surface area (Å²) in [6.45, 7) is 7.07. The van der Waals surface area contributed by atoms with E-state index in [0.717, 1.165) is 43.2 Å². The van der Waals surface area contributed by atoms with Crippen LogP contribution in [-0.2, 0) is 16.6 Å². The summed E-state index contributed by atoms with van der Waals surface area (Å²) >= 11 is 1.99. The Hall–Kier alpha value is -0.520. The molecule has 1 aromatic carbocycles. The van der Waals surface area contributed by atoms with Crippen molar-refractivity contribution in [1.29, 1.82) is 0 Å². The van der Waals surface area contributed by atoms with Gasteiger partial charge < -0.3 is 10.2 Å². The fourth-order valence-corrected chi connectivity index (χ4v) is 5.40. The van der Waals surface area contributed by atoms with Gasteiger partial charge in [-0.05, 0) is 44.4 Å². The van der Waals surface area contributed by atoms with E-state index < -0.39 is 10.0 Å². The lowest BCUT2D eigenvalue weighted by atomic mass is 10.2. The van der Waals surface area contributed by atoms with Crippen LogP contribution in [0.25, 0.3) is 0 Å². The Balaban J connectivity index is 0.00000261. The predicted octanol–water partition coefficient (Wildman–Crippen LogP) is 2.65. The van der Waals surface area contributed by atoms with Gasteiger partial charge in [0.1, 0.15) is 0 Å². The number of nitrogens with one attached hydrogen (secondary N) is 2. The predicted molar refractivity (Wildman–Crippen MR) is 124 cm³/mol. The number of aliphatic imine (C=N–C) groups is 1. The molecule has 1 aliphatic carbocycles. The Morgan fingerprint density at radius 1 is 1.30 bits per heavy atom. The average Bonchev–Trinajstić information content (AvgIpc) is 3.38. The number of rotatable bonds is 5. The summed E-state index contributed by atoms with van der Waals surface area (Å²) in [7, 11) is -1.58. The number of thioether (sulfide) groups is 1. The van der Waals surface area contributed by atoms with Crippen molar-refractivity contribution in [3.63, 3.8) is 0 Å². The molecule has 1 aliphatic heterocycles. The van der Waals surface area contributed by atoms with Crippen LogP contribution in [0.4, 0.5) is 0 Å². The SMILES string of the molecule is CN=C(NCc1ccc(S(=O)(=O)NC2CC2)cc1)N1CCSC(C)(C)C1.I. The average molecular weight is 524 g/mol.